The summed E-state index contributed by atoms with van der Waals surface area (Å²) in [6.07, 6.45) is 0.279. The zero-order valence-corrected chi connectivity index (χ0v) is 18.1. The molecule has 6 nitrogen and oxygen atoms in total. The van der Waals surface area contributed by atoms with Crippen LogP contribution in [0.2, 0.25) is 0 Å². The van der Waals surface area contributed by atoms with E-state index in [1.54, 1.807) is 12.3 Å². The molecule has 2 aromatic carbocycles. The van der Waals surface area contributed by atoms with Crippen LogP contribution in [0.5, 0.6) is 11.5 Å². The summed E-state index contributed by atoms with van der Waals surface area (Å²) < 4.78 is 45.4. The number of carbonyl (C=O) groups excluding carboxylic acids is 1. The predicted octanol–water partition coefficient (Wildman–Crippen LogP) is 5.93. The van der Waals surface area contributed by atoms with Crippen LogP contribution in [-0.2, 0) is 17.4 Å². The number of aromatic amines is 1. The molecule has 2 aliphatic carbocycles. The maximum absolute atomic E-state index is 13.1. The lowest BCUT2D eigenvalue weighted by Gasteiger charge is -2.19. The largest absolute Gasteiger partial charge is 0.457 e. The van der Waals surface area contributed by atoms with Gasteiger partial charge in [0.15, 0.2) is 0 Å². The first-order valence-corrected chi connectivity index (χ1v) is 11.2. The van der Waals surface area contributed by atoms with Gasteiger partial charge in [0.05, 0.1) is 16.6 Å². The van der Waals surface area contributed by atoms with Gasteiger partial charge in [-0.3, -0.25) is 4.79 Å². The van der Waals surface area contributed by atoms with Gasteiger partial charge in [0.1, 0.15) is 23.1 Å². The molecular formula is C26H17F3N4O2. The third-order valence-electron chi connectivity index (χ3n) is 6.88. The maximum atomic E-state index is 13.1. The lowest BCUT2D eigenvalue weighted by atomic mass is 10.0. The summed E-state index contributed by atoms with van der Waals surface area (Å²) in [6, 6.07) is 11.3. The highest BCUT2D eigenvalue weighted by Crippen LogP contribution is 2.65. The molecule has 0 saturated heterocycles. The Labute approximate surface area is 196 Å². The van der Waals surface area contributed by atoms with Crippen LogP contribution in [0.15, 0.2) is 54.2 Å². The number of nitrogens with one attached hydrogen (secondary N) is 2. The number of benzene rings is 2. The Morgan fingerprint density at radius 3 is 2.77 bits per heavy atom. The second-order valence-electron chi connectivity index (χ2n) is 9.03. The number of alkyl halides is 3. The first-order valence-electron chi connectivity index (χ1n) is 11.2. The fraction of sp³-hybridized carbons (Fsp3) is 0.192. The molecule has 1 amide bonds. The van der Waals surface area contributed by atoms with Crippen LogP contribution in [-0.4, -0.2) is 20.9 Å². The Bertz CT molecular complexity index is 1590. The molecule has 7 rings (SSSR count). The summed E-state index contributed by atoms with van der Waals surface area (Å²) in [5.41, 5.74) is 4.48. The standard InChI is InChI=1S/C26H17F3N4O2/c27-26(28,29)13-2-5-18-19(10-13)32-25(31-18)23-17-9-12-1-3-14(11-16(12)22(17)23)35-20-7-8-30-24-15(20)4-6-21(34)33-24/h1-3,5,7-11,22-23H,4,6H2,(H,31,32)(H,30,33,34). The third kappa shape index (κ3) is 3.22. The van der Waals surface area contributed by atoms with E-state index >= 15 is 0 Å². The highest BCUT2D eigenvalue weighted by atomic mass is 19.4. The van der Waals surface area contributed by atoms with Gasteiger partial charge < -0.3 is 15.0 Å². The molecule has 0 spiro atoms. The quantitative estimate of drug-likeness (QED) is 0.386. The Kier molecular flexibility index (Phi) is 4.02. The summed E-state index contributed by atoms with van der Waals surface area (Å²) in [6.45, 7) is 0. The fourth-order valence-corrected chi connectivity index (χ4v) is 5.17. The summed E-state index contributed by atoms with van der Waals surface area (Å²) >= 11 is 0. The van der Waals surface area contributed by atoms with E-state index in [2.05, 4.69) is 26.3 Å². The third-order valence-corrected chi connectivity index (χ3v) is 6.88. The van der Waals surface area contributed by atoms with E-state index < -0.39 is 11.7 Å². The Morgan fingerprint density at radius 2 is 1.91 bits per heavy atom. The summed E-state index contributed by atoms with van der Waals surface area (Å²) in [5.74, 6) is 2.62. The molecule has 3 heterocycles. The number of allylic oxidation sites excluding steroid dienone is 1. The van der Waals surface area contributed by atoms with Crippen LogP contribution in [0.1, 0.15) is 46.3 Å². The number of nitrogens with zero attached hydrogens (tertiary/aromatic N) is 2. The predicted molar refractivity (Wildman–Crippen MR) is 122 cm³/mol. The zero-order chi connectivity index (χ0) is 23.9. The van der Waals surface area contributed by atoms with E-state index in [1.165, 1.54) is 11.6 Å². The average molecular weight is 474 g/mol. The SMILES string of the molecule is O=C1CCc2c(Oc3ccc4c(c3)C3C(=C4)C3c3nc4ccc(C(F)(F)F)cc4[nH]3)ccnc2N1. The van der Waals surface area contributed by atoms with Gasteiger partial charge in [-0.2, -0.15) is 13.2 Å². The Balaban J connectivity index is 1.17. The highest BCUT2D eigenvalue weighted by molar-refractivity contribution is 5.93. The van der Waals surface area contributed by atoms with Gasteiger partial charge >= 0.3 is 6.18 Å². The van der Waals surface area contributed by atoms with E-state index in [0.717, 1.165) is 28.8 Å². The van der Waals surface area contributed by atoms with Gasteiger partial charge in [0, 0.05) is 30.0 Å². The van der Waals surface area contributed by atoms with E-state index in [4.69, 9.17) is 4.74 Å². The molecule has 0 radical (unpaired) electrons. The molecule has 0 bridgehead atoms. The lowest BCUT2D eigenvalue weighted by molar-refractivity contribution is -0.137. The number of fused-ring (bicyclic) bond motifs is 5. The Hall–Kier alpha value is -4.14. The molecule has 1 aliphatic heterocycles. The summed E-state index contributed by atoms with van der Waals surface area (Å²) in [7, 11) is 0. The molecule has 35 heavy (non-hydrogen) atoms. The van der Waals surface area contributed by atoms with Crippen LogP contribution >= 0.6 is 0 Å². The minimum atomic E-state index is -4.40. The zero-order valence-electron chi connectivity index (χ0n) is 18.1. The molecule has 1 fully saturated rings. The number of carbonyl (C=O) groups is 1. The molecular weight excluding hydrogens is 457 g/mol. The van der Waals surface area contributed by atoms with Gasteiger partial charge in [-0.15, -0.1) is 0 Å². The van der Waals surface area contributed by atoms with Gasteiger partial charge in [-0.1, -0.05) is 12.1 Å². The maximum Gasteiger partial charge on any atom is 0.416 e. The Morgan fingerprint density at radius 1 is 1.03 bits per heavy atom. The summed E-state index contributed by atoms with van der Waals surface area (Å²) in [5, 5.41) is 2.78. The summed E-state index contributed by atoms with van der Waals surface area (Å²) in [4.78, 5) is 23.6. The van der Waals surface area contributed by atoms with Gasteiger partial charge in [0.2, 0.25) is 5.91 Å². The molecule has 2 atom stereocenters. The minimum Gasteiger partial charge on any atom is -0.457 e. The van der Waals surface area contributed by atoms with Crippen LogP contribution in [0, 0.1) is 0 Å². The molecule has 3 aliphatic rings. The van der Waals surface area contributed by atoms with Crippen molar-refractivity contribution < 1.29 is 22.7 Å². The van der Waals surface area contributed by atoms with Crippen LogP contribution in [0.4, 0.5) is 19.0 Å². The number of H-pyrrole nitrogens is 1. The second-order valence-corrected chi connectivity index (χ2v) is 9.03. The van der Waals surface area contributed by atoms with E-state index in [1.807, 2.05) is 18.2 Å². The van der Waals surface area contributed by atoms with Crippen molar-refractivity contribution in [2.75, 3.05) is 5.32 Å². The van der Waals surface area contributed by atoms with E-state index in [9.17, 15) is 18.0 Å². The van der Waals surface area contributed by atoms with Crippen LogP contribution in [0.25, 0.3) is 17.1 Å². The number of imidazole rings is 1. The number of anilines is 1. The topological polar surface area (TPSA) is 79.9 Å². The van der Waals surface area contributed by atoms with Crippen molar-refractivity contribution in [3.05, 3.63) is 82.3 Å². The van der Waals surface area contributed by atoms with Gasteiger partial charge in [0.25, 0.3) is 0 Å². The molecule has 2 N–H and O–H groups in total. The number of amides is 1. The van der Waals surface area contributed by atoms with Crippen LogP contribution < -0.4 is 10.1 Å². The molecule has 1 saturated carbocycles. The number of halogens is 3. The first kappa shape index (κ1) is 20.3. The van der Waals surface area contributed by atoms with Crippen molar-refractivity contribution >= 4 is 28.8 Å². The average Bonchev–Trinajstić information content (AvgIpc) is 3.18. The second kappa shape index (κ2) is 6.94. The molecule has 2 unspecified atom stereocenters. The van der Waals surface area contributed by atoms with E-state index in [-0.39, 0.29) is 17.7 Å². The van der Waals surface area contributed by atoms with Crippen molar-refractivity contribution in [1.82, 2.24) is 15.0 Å². The number of pyridine rings is 1. The smallest absolute Gasteiger partial charge is 0.416 e. The van der Waals surface area contributed by atoms with Gasteiger partial charge in [-0.25, -0.2) is 9.97 Å². The van der Waals surface area contributed by atoms with Crippen molar-refractivity contribution in [2.24, 2.45) is 0 Å². The van der Waals surface area contributed by atoms with Crippen molar-refractivity contribution in [1.29, 1.82) is 0 Å². The first-order chi connectivity index (χ1) is 16.8. The highest BCUT2D eigenvalue weighted by Gasteiger charge is 2.52. The number of ether oxygens (including phenoxy) is 1. The molecule has 174 valence electrons. The van der Waals surface area contributed by atoms with Crippen molar-refractivity contribution in [3.8, 4) is 11.5 Å². The number of hydrogen-bond acceptors (Lipinski definition) is 4. The lowest BCUT2D eigenvalue weighted by Crippen LogP contribution is -2.20. The molecule has 9 heteroatoms. The number of aromatic nitrogens is 3. The number of hydrogen-bond donors (Lipinski definition) is 2. The van der Waals surface area contributed by atoms with E-state index in [0.29, 0.717) is 47.0 Å². The molecule has 2 aromatic heterocycles. The van der Waals surface area contributed by atoms with Crippen molar-refractivity contribution in [3.63, 3.8) is 0 Å². The van der Waals surface area contributed by atoms with Crippen LogP contribution in [0.3, 0.4) is 0 Å². The molecule has 4 aromatic rings. The monoisotopic (exact) mass is 474 g/mol. The van der Waals surface area contributed by atoms with Crippen molar-refractivity contribution in [2.45, 2.75) is 30.9 Å². The fourth-order valence-electron chi connectivity index (χ4n) is 5.17. The van der Waals surface area contributed by atoms with Gasteiger partial charge in [-0.05, 0) is 59.5 Å². The number of rotatable bonds is 3. The minimum absolute atomic E-state index is 0.0170. The normalized spacial score (nSPS) is 20.1.